The average molecular weight is 461 g/mol. The van der Waals surface area contributed by atoms with Crippen LogP contribution in [0.4, 0.5) is 11.6 Å². The molecule has 0 bridgehead atoms. The van der Waals surface area contributed by atoms with Gasteiger partial charge in [0.1, 0.15) is 23.2 Å². The monoisotopic (exact) mass is 460 g/mol. The topological polar surface area (TPSA) is 92.1 Å². The molecule has 9 nitrogen and oxygen atoms in total. The van der Waals surface area contributed by atoms with Crippen LogP contribution in [0.15, 0.2) is 24.3 Å². The molecule has 9 heteroatoms. The van der Waals surface area contributed by atoms with Gasteiger partial charge in [0, 0.05) is 30.7 Å². The maximum atomic E-state index is 13.7. The minimum Gasteiger partial charge on any atom is -0.354 e. The number of fused-ring (bicyclic) bond motifs is 1. The summed E-state index contributed by atoms with van der Waals surface area (Å²) in [6, 6.07) is 8.15. The Morgan fingerprint density at radius 3 is 2.74 bits per heavy atom. The van der Waals surface area contributed by atoms with Crippen LogP contribution >= 0.6 is 0 Å². The van der Waals surface area contributed by atoms with Gasteiger partial charge in [-0.3, -0.25) is 9.69 Å². The van der Waals surface area contributed by atoms with Crippen LogP contribution in [0.2, 0.25) is 0 Å². The van der Waals surface area contributed by atoms with Crippen LogP contribution in [0.25, 0.3) is 11.5 Å². The molecule has 5 rings (SSSR count). The molecule has 1 N–H and O–H groups in total. The minimum atomic E-state index is -0.0344. The summed E-state index contributed by atoms with van der Waals surface area (Å²) in [6.07, 6.45) is 2.30. The van der Waals surface area contributed by atoms with Crippen LogP contribution < -0.4 is 15.1 Å². The van der Waals surface area contributed by atoms with Crippen molar-refractivity contribution in [1.82, 2.24) is 30.0 Å². The first-order valence-corrected chi connectivity index (χ1v) is 12.1. The highest BCUT2D eigenvalue weighted by atomic mass is 16.2. The number of rotatable bonds is 6. The molecular formula is C25H32N8O. The first kappa shape index (κ1) is 22.5. The molecule has 178 valence electrons. The standard InChI is InChI=1S/C25H32N8O/c1-6-31-17(4)29-30-24(31)20-10-7-11-21(27-20)33-14-19-18(25(33)34)13-22(28-23(19)16(3)26-5)32-12-8-9-15(32)2/h7,10-11,13,15-16,26H,6,8-9,12,14H2,1-5H3/t15-,16-/m1/s1. The van der Waals surface area contributed by atoms with Crippen LogP contribution in [0.5, 0.6) is 0 Å². The van der Waals surface area contributed by atoms with Crippen LogP contribution in [-0.4, -0.2) is 50.3 Å². The molecule has 0 aliphatic carbocycles. The SMILES string of the molecule is CCn1c(C)nnc1-c1cccc(N2Cc3c(cc(N4CCC[C@H]4C)nc3[C@@H](C)NC)C2=O)n1. The number of nitrogens with one attached hydrogen (secondary N) is 1. The molecule has 0 spiro atoms. The Balaban J connectivity index is 1.54. The van der Waals surface area contributed by atoms with E-state index in [0.717, 1.165) is 54.4 Å². The third-order valence-corrected chi connectivity index (χ3v) is 7.12. The Kier molecular flexibility index (Phi) is 5.81. The second-order valence-electron chi connectivity index (χ2n) is 9.17. The van der Waals surface area contributed by atoms with E-state index in [9.17, 15) is 4.79 Å². The average Bonchev–Trinajstić information content (AvgIpc) is 3.54. The number of hydrogen-bond donors (Lipinski definition) is 1. The predicted octanol–water partition coefficient (Wildman–Crippen LogP) is 3.49. The Morgan fingerprint density at radius 2 is 2.03 bits per heavy atom. The van der Waals surface area contributed by atoms with Crippen molar-refractivity contribution in [1.29, 1.82) is 0 Å². The molecule has 1 fully saturated rings. The number of anilines is 2. The van der Waals surface area contributed by atoms with Crippen LogP contribution in [0.1, 0.15) is 67.1 Å². The molecule has 34 heavy (non-hydrogen) atoms. The number of pyridine rings is 2. The fraction of sp³-hybridized carbons (Fsp3) is 0.480. The maximum Gasteiger partial charge on any atom is 0.260 e. The molecule has 2 atom stereocenters. The second kappa shape index (κ2) is 8.79. The summed E-state index contributed by atoms with van der Waals surface area (Å²) in [7, 11) is 1.93. The van der Waals surface area contributed by atoms with Crippen molar-refractivity contribution in [3.63, 3.8) is 0 Å². The zero-order valence-electron chi connectivity index (χ0n) is 20.5. The first-order valence-electron chi connectivity index (χ1n) is 12.1. The van der Waals surface area contributed by atoms with E-state index in [0.29, 0.717) is 29.9 Å². The van der Waals surface area contributed by atoms with E-state index in [-0.39, 0.29) is 11.9 Å². The van der Waals surface area contributed by atoms with Crippen LogP contribution in [-0.2, 0) is 13.1 Å². The smallest absolute Gasteiger partial charge is 0.260 e. The van der Waals surface area contributed by atoms with Gasteiger partial charge in [0.15, 0.2) is 5.82 Å². The summed E-state index contributed by atoms with van der Waals surface area (Å²) >= 11 is 0. The molecule has 5 heterocycles. The quantitative estimate of drug-likeness (QED) is 0.602. The van der Waals surface area contributed by atoms with E-state index < -0.39 is 0 Å². The van der Waals surface area contributed by atoms with Gasteiger partial charge in [-0.2, -0.15) is 0 Å². The van der Waals surface area contributed by atoms with E-state index in [4.69, 9.17) is 9.97 Å². The van der Waals surface area contributed by atoms with Gasteiger partial charge in [0.05, 0.1) is 17.8 Å². The Bertz CT molecular complexity index is 1240. The Hall–Kier alpha value is -3.33. The van der Waals surface area contributed by atoms with Crippen molar-refractivity contribution >= 4 is 17.5 Å². The van der Waals surface area contributed by atoms with Gasteiger partial charge >= 0.3 is 0 Å². The van der Waals surface area contributed by atoms with Crippen molar-refractivity contribution in [2.24, 2.45) is 0 Å². The predicted molar refractivity (Wildman–Crippen MR) is 132 cm³/mol. The molecule has 3 aromatic rings. The third-order valence-electron chi connectivity index (χ3n) is 7.12. The van der Waals surface area contributed by atoms with E-state index in [2.05, 4.69) is 41.2 Å². The lowest BCUT2D eigenvalue weighted by atomic mass is 10.0. The van der Waals surface area contributed by atoms with Crippen molar-refractivity contribution < 1.29 is 4.79 Å². The first-order chi connectivity index (χ1) is 16.4. The van der Waals surface area contributed by atoms with Gasteiger partial charge in [0.25, 0.3) is 5.91 Å². The molecular weight excluding hydrogens is 428 g/mol. The lowest BCUT2D eigenvalue weighted by Crippen LogP contribution is -2.28. The fourth-order valence-corrected chi connectivity index (χ4v) is 5.06. The highest BCUT2D eigenvalue weighted by Gasteiger charge is 2.35. The largest absolute Gasteiger partial charge is 0.354 e. The molecule has 2 aliphatic rings. The summed E-state index contributed by atoms with van der Waals surface area (Å²) < 4.78 is 2.02. The van der Waals surface area contributed by atoms with Gasteiger partial charge < -0.3 is 14.8 Å². The van der Waals surface area contributed by atoms with E-state index >= 15 is 0 Å². The Labute approximate surface area is 200 Å². The van der Waals surface area contributed by atoms with Crippen LogP contribution in [0.3, 0.4) is 0 Å². The summed E-state index contributed by atoms with van der Waals surface area (Å²) in [5.41, 5.74) is 3.34. The zero-order valence-corrected chi connectivity index (χ0v) is 20.5. The van der Waals surface area contributed by atoms with E-state index in [1.54, 1.807) is 4.90 Å². The number of aromatic nitrogens is 5. The molecule has 3 aromatic heterocycles. The van der Waals surface area contributed by atoms with E-state index in [1.807, 2.05) is 42.8 Å². The van der Waals surface area contributed by atoms with Gasteiger partial charge in [-0.05, 0) is 65.8 Å². The normalized spacial score (nSPS) is 18.6. The van der Waals surface area contributed by atoms with Crippen molar-refractivity contribution in [3.05, 3.63) is 46.9 Å². The number of carbonyl (C=O) groups is 1. The molecule has 0 aromatic carbocycles. The van der Waals surface area contributed by atoms with Crippen molar-refractivity contribution in [2.45, 2.75) is 65.7 Å². The Morgan fingerprint density at radius 1 is 1.21 bits per heavy atom. The molecule has 1 amide bonds. The third kappa shape index (κ3) is 3.64. The fourth-order valence-electron chi connectivity index (χ4n) is 5.06. The lowest BCUT2D eigenvalue weighted by Gasteiger charge is -2.25. The highest BCUT2D eigenvalue weighted by Crippen LogP contribution is 2.35. The number of aryl methyl sites for hydroxylation is 1. The number of hydrogen-bond acceptors (Lipinski definition) is 7. The molecule has 1 saturated heterocycles. The van der Waals surface area contributed by atoms with Gasteiger partial charge in [0.2, 0.25) is 0 Å². The second-order valence-corrected chi connectivity index (χ2v) is 9.17. The van der Waals surface area contributed by atoms with Crippen molar-refractivity contribution in [3.8, 4) is 11.5 Å². The van der Waals surface area contributed by atoms with Gasteiger partial charge in [-0.25, -0.2) is 9.97 Å². The minimum absolute atomic E-state index is 0.0322. The lowest BCUT2D eigenvalue weighted by molar-refractivity contribution is 0.0996. The molecule has 0 unspecified atom stereocenters. The molecule has 0 saturated carbocycles. The van der Waals surface area contributed by atoms with Gasteiger partial charge in [-0.1, -0.05) is 6.07 Å². The molecule has 2 aliphatic heterocycles. The summed E-state index contributed by atoms with van der Waals surface area (Å²) in [4.78, 5) is 27.6. The number of nitrogens with zero attached hydrogens (tertiary/aromatic N) is 7. The molecule has 0 radical (unpaired) electrons. The summed E-state index contributed by atoms with van der Waals surface area (Å²) in [6.45, 7) is 10.5. The maximum absolute atomic E-state index is 13.7. The van der Waals surface area contributed by atoms with Crippen molar-refractivity contribution in [2.75, 3.05) is 23.4 Å². The zero-order chi connectivity index (χ0) is 24.0. The van der Waals surface area contributed by atoms with Crippen LogP contribution in [0, 0.1) is 6.92 Å². The summed E-state index contributed by atoms with van der Waals surface area (Å²) in [5, 5.41) is 11.8. The van der Waals surface area contributed by atoms with E-state index in [1.165, 1.54) is 0 Å². The summed E-state index contributed by atoms with van der Waals surface area (Å²) in [5.74, 6) is 3.02. The highest BCUT2D eigenvalue weighted by molar-refractivity contribution is 6.10. The van der Waals surface area contributed by atoms with Gasteiger partial charge in [-0.15, -0.1) is 10.2 Å². The number of carbonyl (C=O) groups excluding carboxylic acids is 1. The number of amides is 1.